The first-order valence-corrected chi connectivity index (χ1v) is 13.7. The van der Waals surface area contributed by atoms with Crippen LogP contribution in [-0.4, -0.2) is 79.5 Å². The average molecular weight is 542 g/mol. The molecule has 9 nitrogen and oxygen atoms in total. The van der Waals surface area contributed by atoms with Crippen molar-refractivity contribution in [3.05, 3.63) is 66.5 Å². The van der Waals surface area contributed by atoms with Gasteiger partial charge in [0.05, 0.1) is 22.6 Å². The molecule has 2 amide bonds. The van der Waals surface area contributed by atoms with Gasteiger partial charge in [0.2, 0.25) is 5.91 Å². The highest BCUT2D eigenvalue weighted by Crippen LogP contribution is 2.38. The Kier molecular flexibility index (Phi) is 7.78. The number of fused-ring (bicyclic) bond motifs is 2. The Balaban J connectivity index is 0.00000323. The fraction of sp³-hybridized carbons (Fsp3) is 0.387. The number of hydrogen-bond donors (Lipinski definition) is 4. The molecular weight excluding hydrogens is 502 g/mol. The van der Waals surface area contributed by atoms with Gasteiger partial charge >= 0.3 is 0 Å². The van der Waals surface area contributed by atoms with Crippen molar-refractivity contribution in [3.63, 3.8) is 0 Å². The molecule has 0 radical (unpaired) electrons. The monoisotopic (exact) mass is 541 g/mol. The van der Waals surface area contributed by atoms with Crippen LogP contribution in [0, 0.1) is 0 Å². The molecule has 40 heavy (non-hydrogen) atoms. The second kappa shape index (κ2) is 11.3. The minimum Gasteiger partial charge on any atom is -0.367 e. The third-order valence-corrected chi connectivity index (χ3v) is 8.30. The SMILES string of the molecule is C.C=CC(=O)Nc1cc(-c2cc(-c3cc4c([nH]3)C3(CCCNC3)CNC4=O)ccn2)ccc1N1CCN(C)CC1. The van der Waals surface area contributed by atoms with Gasteiger partial charge in [0.15, 0.2) is 0 Å². The first-order chi connectivity index (χ1) is 19.0. The zero-order chi connectivity index (χ0) is 27.0. The molecule has 3 aliphatic rings. The fourth-order valence-electron chi connectivity index (χ4n) is 6.03. The lowest BCUT2D eigenvalue weighted by Crippen LogP contribution is -2.54. The Hall–Kier alpha value is -3.95. The number of nitrogens with one attached hydrogen (secondary N) is 4. The summed E-state index contributed by atoms with van der Waals surface area (Å²) in [5, 5.41) is 9.61. The van der Waals surface area contributed by atoms with E-state index in [1.165, 1.54) is 6.08 Å². The first kappa shape index (κ1) is 27.6. The van der Waals surface area contributed by atoms with Gasteiger partial charge in [0.1, 0.15) is 0 Å². The summed E-state index contributed by atoms with van der Waals surface area (Å²) in [6, 6.07) is 12.1. The fourth-order valence-corrected chi connectivity index (χ4v) is 6.03. The number of aromatic amines is 1. The zero-order valence-electron chi connectivity index (χ0n) is 22.3. The van der Waals surface area contributed by atoms with Gasteiger partial charge in [0.25, 0.3) is 5.91 Å². The number of piperazine rings is 1. The van der Waals surface area contributed by atoms with E-state index in [2.05, 4.69) is 61.5 Å². The van der Waals surface area contributed by atoms with Crippen LogP contribution in [-0.2, 0) is 10.2 Å². The first-order valence-electron chi connectivity index (χ1n) is 13.7. The Morgan fingerprint density at radius 3 is 2.67 bits per heavy atom. The lowest BCUT2D eigenvalue weighted by atomic mass is 9.74. The molecule has 5 heterocycles. The summed E-state index contributed by atoms with van der Waals surface area (Å²) in [6.45, 7) is 9.84. The minimum absolute atomic E-state index is 0. The molecule has 9 heteroatoms. The van der Waals surface area contributed by atoms with Crippen molar-refractivity contribution in [1.82, 2.24) is 25.5 Å². The maximum atomic E-state index is 12.8. The number of amides is 2. The molecule has 210 valence electrons. The maximum Gasteiger partial charge on any atom is 0.253 e. The number of likely N-dealkylation sites (N-methyl/N-ethyl adjacent to an activating group) is 1. The zero-order valence-corrected chi connectivity index (χ0v) is 22.3. The Morgan fingerprint density at radius 1 is 1.10 bits per heavy atom. The van der Waals surface area contributed by atoms with Gasteiger partial charge in [-0.05, 0) is 62.8 Å². The molecule has 1 aromatic carbocycles. The third kappa shape index (κ3) is 5.14. The molecule has 3 aromatic rings. The minimum atomic E-state index is -0.245. The largest absolute Gasteiger partial charge is 0.367 e. The third-order valence-electron chi connectivity index (χ3n) is 8.30. The van der Waals surface area contributed by atoms with Crippen molar-refractivity contribution < 1.29 is 9.59 Å². The number of anilines is 2. The number of rotatable bonds is 5. The molecular formula is C31H39N7O2. The van der Waals surface area contributed by atoms with Crippen LogP contribution in [0.2, 0.25) is 0 Å². The lowest BCUT2D eigenvalue weighted by molar-refractivity contribution is -0.111. The van der Waals surface area contributed by atoms with Gasteiger partial charge in [-0.3, -0.25) is 14.6 Å². The van der Waals surface area contributed by atoms with Gasteiger partial charge in [-0.25, -0.2) is 0 Å². The van der Waals surface area contributed by atoms with E-state index in [-0.39, 0.29) is 24.7 Å². The van der Waals surface area contributed by atoms with Crippen LogP contribution < -0.4 is 20.9 Å². The quantitative estimate of drug-likeness (QED) is 0.368. The summed E-state index contributed by atoms with van der Waals surface area (Å²) in [5.74, 6) is -0.273. The summed E-state index contributed by atoms with van der Waals surface area (Å²) in [4.78, 5) is 37.9. The van der Waals surface area contributed by atoms with E-state index in [0.29, 0.717) is 6.54 Å². The standard InChI is InChI=1S/C30H35N7O2.CH4/c1-3-27(38)34-25-16-20(5-6-26(25)37-13-11-36(2)12-14-37)23-15-21(7-10-32-23)24-17-22-28(35-24)30(19-33-29(22)39)8-4-9-31-18-30;/h3,5-7,10,15-17,31,35H,1,4,8-9,11-14,18-19H2,2H3,(H,33,39)(H,34,38);1H4. The average Bonchev–Trinajstić information content (AvgIpc) is 3.44. The second-order valence-electron chi connectivity index (χ2n) is 10.9. The van der Waals surface area contributed by atoms with Gasteiger partial charge in [-0.1, -0.05) is 20.1 Å². The summed E-state index contributed by atoms with van der Waals surface area (Å²) in [5.41, 5.74) is 6.93. The highest BCUT2D eigenvalue weighted by atomic mass is 16.2. The van der Waals surface area contributed by atoms with Crippen LogP contribution in [0.3, 0.4) is 0 Å². The number of hydrogen-bond acceptors (Lipinski definition) is 6. The van der Waals surface area contributed by atoms with E-state index in [0.717, 1.165) is 97.3 Å². The van der Waals surface area contributed by atoms with Crippen LogP contribution >= 0.6 is 0 Å². The summed E-state index contributed by atoms with van der Waals surface area (Å²) < 4.78 is 0. The van der Waals surface area contributed by atoms with Crippen molar-refractivity contribution >= 4 is 23.2 Å². The van der Waals surface area contributed by atoms with Gasteiger partial charge < -0.3 is 30.7 Å². The predicted molar refractivity (Wildman–Crippen MR) is 161 cm³/mol. The van der Waals surface area contributed by atoms with Crippen molar-refractivity contribution in [3.8, 4) is 22.5 Å². The normalized spacial score (nSPS) is 20.8. The number of carbonyl (C=O) groups is 2. The van der Waals surface area contributed by atoms with E-state index < -0.39 is 0 Å². The summed E-state index contributed by atoms with van der Waals surface area (Å²) >= 11 is 0. The van der Waals surface area contributed by atoms with Crippen molar-refractivity contribution in [2.75, 3.05) is 63.1 Å². The van der Waals surface area contributed by atoms with E-state index in [1.807, 2.05) is 24.3 Å². The molecule has 6 rings (SSSR count). The molecule has 1 spiro atoms. The highest BCUT2D eigenvalue weighted by molar-refractivity contribution is 6.02. The van der Waals surface area contributed by atoms with Crippen LogP contribution in [0.25, 0.3) is 22.5 Å². The summed E-state index contributed by atoms with van der Waals surface area (Å²) in [7, 11) is 2.12. The number of H-pyrrole nitrogens is 1. The Morgan fingerprint density at radius 2 is 1.93 bits per heavy atom. The molecule has 2 saturated heterocycles. The number of benzene rings is 1. The molecule has 3 aliphatic heterocycles. The predicted octanol–water partition coefficient (Wildman–Crippen LogP) is 3.62. The highest BCUT2D eigenvalue weighted by Gasteiger charge is 2.42. The number of carbonyl (C=O) groups excluding carboxylic acids is 2. The van der Waals surface area contributed by atoms with E-state index in [4.69, 9.17) is 0 Å². The Bertz CT molecular complexity index is 1410. The van der Waals surface area contributed by atoms with Crippen molar-refractivity contribution in [2.45, 2.75) is 25.7 Å². The molecule has 2 aromatic heterocycles. The summed E-state index contributed by atoms with van der Waals surface area (Å²) in [6.07, 6.45) is 5.20. The number of piperidine rings is 1. The molecule has 0 aliphatic carbocycles. The smallest absolute Gasteiger partial charge is 0.253 e. The van der Waals surface area contributed by atoms with E-state index in [1.54, 1.807) is 6.20 Å². The van der Waals surface area contributed by atoms with E-state index >= 15 is 0 Å². The lowest BCUT2D eigenvalue weighted by Gasteiger charge is -2.40. The number of aromatic nitrogens is 2. The van der Waals surface area contributed by atoms with Crippen LogP contribution in [0.15, 0.2) is 55.3 Å². The van der Waals surface area contributed by atoms with Crippen molar-refractivity contribution in [2.24, 2.45) is 0 Å². The molecule has 1 unspecified atom stereocenters. The number of nitrogens with zero attached hydrogens (tertiary/aromatic N) is 3. The van der Waals surface area contributed by atoms with Gasteiger partial charge in [-0.2, -0.15) is 0 Å². The van der Waals surface area contributed by atoms with Gasteiger partial charge in [0, 0.05) is 73.4 Å². The van der Waals surface area contributed by atoms with Gasteiger partial charge in [-0.15, -0.1) is 0 Å². The topological polar surface area (TPSA) is 105 Å². The maximum absolute atomic E-state index is 12.8. The molecule has 0 bridgehead atoms. The van der Waals surface area contributed by atoms with Crippen LogP contribution in [0.4, 0.5) is 11.4 Å². The second-order valence-corrected chi connectivity index (χ2v) is 10.9. The van der Waals surface area contributed by atoms with E-state index in [9.17, 15) is 9.59 Å². The Labute approximate surface area is 236 Å². The van der Waals surface area contributed by atoms with Crippen molar-refractivity contribution in [1.29, 1.82) is 0 Å². The van der Waals surface area contributed by atoms with Crippen LogP contribution in [0.5, 0.6) is 0 Å². The number of pyridine rings is 1. The molecule has 2 fully saturated rings. The molecule has 4 N–H and O–H groups in total. The molecule has 1 atom stereocenters. The molecule has 0 saturated carbocycles. The van der Waals surface area contributed by atoms with Crippen LogP contribution in [0.1, 0.15) is 36.3 Å².